The number of anilines is 1. The molecule has 2 heterocycles. The molecule has 1 atom stereocenters. The summed E-state index contributed by atoms with van der Waals surface area (Å²) in [7, 11) is 0. The average molecular weight is 289 g/mol. The minimum Gasteiger partial charge on any atom is -0.494 e. The van der Waals surface area contributed by atoms with Gasteiger partial charge in [0.15, 0.2) is 5.82 Å². The van der Waals surface area contributed by atoms with Crippen molar-refractivity contribution in [3.63, 3.8) is 0 Å². The summed E-state index contributed by atoms with van der Waals surface area (Å²) >= 11 is 0. The molecule has 1 fully saturated rings. The van der Waals surface area contributed by atoms with Gasteiger partial charge in [-0.15, -0.1) is 5.10 Å². The SMILES string of the molecule is CCOc1cc(N)cc(-c2nnnn2C2(C)CCOC2)c1. The molecule has 1 aliphatic rings. The molecule has 1 saturated heterocycles. The predicted octanol–water partition coefficient (Wildman–Crippen LogP) is 1.46. The lowest BCUT2D eigenvalue weighted by atomic mass is 10.0. The van der Waals surface area contributed by atoms with E-state index < -0.39 is 0 Å². The summed E-state index contributed by atoms with van der Waals surface area (Å²) in [5.74, 6) is 1.39. The number of hydrogen-bond donors (Lipinski definition) is 1. The Kier molecular flexibility index (Phi) is 3.50. The molecule has 0 spiro atoms. The van der Waals surface area contributed by atoms with Gasteiger partial charge in [0.2, 0.25) is 0 Å². The van der Waals surface area contributed by atoms with Crippen LogP contribution in [0.1, 0.15) is 20.3 Å². The molecule has 1 unspecified atom stereocenters. The van der Waals surface area contributed by atoms with E-state index in [9.17, 15) is 0 Å². The van der Waals surface area contributed by atoms with Gasteiger partial charge in [-0.3, -0.25) is 0 Å². The molecule has 2 N–H and O–H groups in total. The molecule has 2 aromatic rings. The fourth-order valence-electron chi connectivity index (χ4n) is 2.56. The fourth-order valence-corrected chi connectivity index (χ4v) is 2.56. The molecule has 112 valence electrons. The molecule has 0 saturated carbocycles. The van der Waals surface area contributed by atoms with Crippen molar-refractivity contribution in [2.75, 3.05) is 25.6 Å². The van der Waals surface area contributed by atoms with Gasteiger partial charge in [-0.1, -0.05) is 0 Å². The van der Waals surface area contributed by atoms with E-state index in [-0.39, 0.29) is 5.54 Å². The van der Waals surface area contributed by atoms with E-state index in [1.54, 1.807) is 6.07 Å². The average Bonchev–Trinajstić information content (AvgIpc) is 3.07. The summed E-state index contributed by atoms with van der Waals surface area (Å²) in [6, 6.07) is 5.55. The van der Waals surface area contributed by atoms with Gasteiger partial charge in [0.1, 0.15) is 5.75 Å². The van der Waals surface area contributed by atoms with Crippen LogP contribution < -0.4 is 10.5 Å². The highest BCUT2D eigenvalue weighted by atomic mass is 16.5. The van der Waals surface area contributed by atoms with Crippen LogP contribution in [0, 0.1) is 0 Å². The van der Waals surface area contributed by atoms with Crippen molar-refractivity contribution in [1.29, 1.82) is 0 Å². The van der Waals surface area contributed by atoms with Gasteiger partial charge >= 0.3 is 0 Å². The molecular formula is C14H19N5O2. The van der Waals surface area contributed by atoms with Crippen molar-refractivity contribution in [1.82, 2.24) is 20.2 Å². The molecule has 0 bridgehead atoms. The van der Waals surface area contributed by atoms with Gasteiger partial charge < -0.3 is 15.2 Å². The van der Waals surface area contributed by atoms with E-state index in [0.29, 0.717) is 24.7 Å². The van der Waals surface area contributed by atoms with Crippen molar-refractivity contribution in [3.8, 4) is 17.1 Å². The summed E-state index contributed by atoms with van der Waals surface area (Å²) in [5, 5.41) is 12.1. The lowest BCUT2D eigenvalue weighted by molar-refractivity contribution is 0.155. The van der Waals surface area contributed by atoms with Crippen LogP contribution in [0.25, 0.3) is 11.4 Å². The van der Waals surface area contributed by atoms with Crippen LogP contribution in [0.4, 0.5) is 5.69 Å². The third-order valence-electron chi connectivity index (χ3n) is 3.68. The van der Waals surface area contributed by atoms with Crippen LogP contribution in [0.5, 0.6) is 5.75 Å². The number of ether oxygens (including phenoxy) is 2. The molecule has 0 amide bonds. The van der Waals surface area contributed by atoms with Gasteiger partial charge in [0, 0.05) is 23.9 Å². The van der Waals surface area contributed by atoms with E-state index in [1.807, 2.05) is 23.7 Å². The fraction of sp³-hybridized carbons (Fsp3) is 0.500. The highest BCUT2D eigenvalue weighted by Crippen LogP contribution is 2.32. The second kappa shape index (κ2) is 5.33. The maximum atomic E-state index is 5.95. The van der Waals surface area contributed by atoms with Gasteiger partial charge in [-0.25, -0.2) is 4.68 Å². The zero-order valence-corrected chi connectivity index (χ0v) is 12.2. The van der Waals surface area contributed by atoms with Crippen molar-refractivity contribution in [2.24, 2.45) is 0 Å². The zero-order chi connectivity index (χ0) is 14.9. The Bertz CT molecular complexity index is 634. The number of aromatic nitrogens is 4. The topological polar surface area (TPSA) is 88.1 Å². The van der Waals surface area contributed by atoms with Crippen LogP contribution in [-0.4, -0.2) is 40.0 Å². The third kappa shape index (κ3) is 2.56. The van der Waals surface area contributed by atoms with E-state index in [1.165, 1.54) is 0 Å². The first-order valence-electron chi connectivity index (χ1n) is 7.03. The predicted molar refractivity (Wildman–Crippen MR) is 77.9 cm³/mol. The van der Waals surface area contributed by atoms with Crippen LogP contribution in [0.15, 0.2) is 18.2 Å². The largest absolute Gasteiger partial charge is 0.494 e. The molecule has 7 heteroatoms. The Morgan fingerprint density at radius 2 is 2.29 bits per heavy atom. The zero-order valence-electron chi connectivity index (χ0n) is 12.2. The Morgan fingerprint density at radius 3 is 3.00 bits per heavy atom. The van der Waals surface area contributed by atoms with Gasteiger partial charge in [-0.05, 0) is 42.8 Å². The number of rotatable bonds is 4. The third-order valence-corrected chi connectivity index (χ3v) is 3.68. The molecule has 1 aromatic heterocycles. The maximum Gasteiger partial charge on any atom is 0.182 e. The van der Waals surface area contributed by atoms with Gasteiger partial charge in [-0.2, -0.15) is 0 Å². The minimum absolute atomic E-state index is 0.227. The van der Waals surface area contributed by atoms with Crippen molar-refractivity contribution < 1.29 is 9.47 Å². The van der Waals surface area contributed by atoms with E-state index in [4.69, 9.17) is 15.2 Å². The van der Waals surface area contributed by atoms with E-state index in [0.717, 1.165) is 24.3 Å². The minimum atomic E-state index is -0.227. The van der Waals surface area contributed by atoms with Crippen molar-refractivity contribution in [2.45, 2.75) is 25.8 Å². The number of nitrogens with two attached hydrogens (primary N) is 1. The number of tetrazole rings is 1. The molecule has 3 rings (SSSR count). The molecular weight excluding hydrogens is 270 g/mol. The Hall–Kier alpha value is -2.15. The molecule has 7 nitrogen and oxygen atoms in total. The van der Waals surface area contributed by atoms with Gasteiger partial charge in [0.25, 0.3) is 0 Å². The number of hydrogen-bond acceptors (Lipinski definition) is 6. The highest BCUT2D eigenvalue weighted by molar-refractivity contribution is 5.64. The lowest BCUT2D eigenvalue weighted by Gasteiger charge is -2.23. The van der Waals surface area contributed by atoms with Crippen LogP contribution >= 0.6 is 0 Å². The van der Waals surface area contributed by atoms with Crippen LogP contribution in [-0.2, 0) is 10.3 Å². The summed E-state index contributed by atoms with van der Waals surface area (Å²) < 4.78 is 12.9. The summed E-state index contributed by atoms with van der Waals surface area (Å²) in [6.45, 7) is 5.93. The number of nitrogen functional groups attached to an aromatic ring is 1. The summed E-state index contributed by atoms with van der Waals surface area (Å²) in [5.41, 5.74) is 7.19. The smallest absolute Gasteiger partial charge is 0.182 e. The van der Waals surface area contributed by atoms with E-state index in [2.05, 4.69) is 22.4 Å². The quantitative estimate of drug-likeness (QED) is 0.857. The summed E-state index contributed by atoms with van der Waals surface area (Å²) in [4.78, 5) is 0. The molecule has 0 aliphatic carbocycles. The molecule has 1 aromatic carbocycles. The molecule has 21 heavy (non-hydrogen) atoms. The normalized spacial score (nSPS) is 21.6. The highest BCUT2D eigenvalue weighted by Gasteiger charge is 2.35. The lowest BCUT2D eigenvalue weighted by Crippen LogP contribution is -2.32. The van der Waals surface area contributed by atoms with Crippen LogP contribution in [0.3, 0.4) is 0 Å². The molecule has 1 aliphatic heterocycles. The first-order chi connectivity index (χ1) is 10.1. The van der Waals surface area contributed by atoms with E-state index >= 15 is 0 Å². The second-order valence-electron chi connectivity index (χ2n) is 5.44. The second-order valence-corrected chi connectivity index (χ2v) is 5.44. The van der Waals surface area contributed by atoms with Crippen LogP contribution in [0.2, 0.25) is 0 Å². The number of benzene rings is 1. The Balaban J connectivity index is 2.03. The standard InChI is InChI=1S/C14H19N5O2/c1-3-21-12-7-10(6-11(15)8-12)13-16-17-18-19(13)14(2)4-5-20-9-14/h6-8H,3-5,9,15H2,1-2H3. The van der Waals surface area contributed by atoms with Gasteiger partial charge in [0.05, 0.1) is 18.8 Å². The number of nitrogens with zero attached hydrogens (tertiary/aromatic N) is 4. The Morgan fingerprint density at radius 1 is 1.43 bits per heavy atom. The van der Waals surface area contributed by atoms with Crippen molar-refractivity contribution >= 4 is 5.69 Å². The maximum absolute atomic E-state index is 5.95. The Labute approximate surface area is 123 Å². The monoisotopic (exact) mass is 289 g/mol. The first-order valence-corrected chi connectivity index (χ1v) is 7.03. The summed E-state index contributed by atoms with van der Waals surface area (Å²) in [6.07, 6.45) is 0.881. The molecule has 0 radical (unpaired) electrons. The first kappa shape index (κ1) is 13.8. The van der Waals surface area contributed by atoms with Crippen molar-refractivity contribution in [3.05, 3.63) is 18.2 Å².